The SMILES string of the molecule is O=C(NCc1nnc2n1C[C@H](C(F)(F)F)CC2)[C@@H]1COc2ccccc2O1. The quantitative estimate of drug-likeness (QED) is 0.877. The molecule has 2 aromatic rings. The molecule has 27 heavy (non-hydrogen) atoms. The van der Waals surface area contributed by atoms with Gasteiger partial charge in [0.2, 0.25) is 6.10 Å². The maximum atomic E-state index is 13.0. The van der Waals surface area contributed by atoms with Crippen molar-refractivity contribution < 1.29 is 27.4 Å². The summed E-state index contributed by atoms with van der Waals surface area (Å²) in [6.45, 7) is -0.206. The third-order valence-electron chi connectivity index (χ3n) is 4.71. The molecule has 1 N–H and O–H groups in total. The van der Waals surface area contributed by atoms with Crippen LogP contribution in [0.1, 0.15) is 18.1 Å². The van der Waals surface area contributed by atoms with Crippen LogP contribution in [0.25, 0.3) is 0 Å². The van der Waals surface area contributed by atoms with Crippen LogP contribution in [-0.2, 0) is 24.3 Å². The smallest absolute Gasteiger partial charge is 0.393 e. The van der Waals surface area contributed by atoms with E-state index >= 15 is 0 Å². The fourth-order valence-electron chi connectivity index (χ4n) is 3.21. The Kier molecular flexibility index (Phi) is 4.40. The Labute approximate surface area is 152 Å². The molecule has 0 radical (unpaired) electrons. The number of alkyl halides is 3. The van der Waals surface area contributed by atoms with Gasteiger partial charge in [0.25, 0.3) is 5.91 Å². The van der Waals surface area contributed by atoms with Crippen molar-refractivity contribution in [2.75, 3.05) is 6.61 Å². The minimum atomic E-state index is -4.26. The topological polar surface area (TPSA) is 78.3 Å². The second-order valence-corrected chi connectivity index (χ2v) is 6.50. The summed E-state index contributed by atoms with van der Waals surface area (Å²) in [6.07, 6.45) is -4.89. The predicted molar refractivity (Wildman–Crippen MR) is 86.1 cm³/mol. The van der Waals surface area contributed by atoms with E-state index in [0.717, 1.165) is 0 Å². The molecule has 0 unspecified atom stereocenters. The van der Waals surface area contributed by atoms with Crippen LogP contribution in [-0.4, -0.2) is 39.6 Å². The monoisotopic (exact) mass is 382 g/mol. The molecule has 0 aliphatic carbocycles. The van der Waals surface area contributed by atoms with E-state index in [-0.39, 0.29) is 32.5 Å². The first kappa shape index (κ1) is 17.6. The van der Waals surface area contributed by atoms with Gasteiger partial charge in [0.1, 0.15) is 12.4 Å². The number of benzene rings is 1. The zero-order valence-corrected chi connectivity index (χ0v) is 14.2. The highest BCUT2D eigenvalue weighted by molar-refractivity contribution is 5.81. The number of hydrogen-bond acceptors (Lipinski definition) is 5. The van der Waals surface area contributed by atoms with Gasteiger partial charge in [-0.2, -0.15) is 13.2 Å². The molecular formula is C17H17F3N4O3. The lowest BCUT2D eigenvalue weighted by Crippen LogP contribution is -2.44. The first-order valence-electron chi connectivity index (χ1n) is 8.55. The summed E-state index contributed by atoms with van der Waals surface area (Å²) in [5, 5.41) is 10.5. The van der Waals surface area contributed by atoms with Crippen LogP contribution in [0.4, 0.5) is 13.2 Å². The Hall–Kier alpha value is -2.78. The molecule has 0 fully saturated rings. The Morgan fingerprint density at radius 1 is 1.26 bits per heavy atom. The number of fused-ring (bicyclic) bond motifs is 2. The average molecular weight is 382 g/mol. The van der Waals surface area contributed by atoms with E-state index in [1.807, 2.05) is 0 Å². The number of amides is 1. The number of rotatable bonds is 3. The van der Waals surface area contributed by atoms with Gasteiger partial charge in [-0.1, -0.05) is 12.1 Å². The second kappa shape index (κ2) is 6.75. The van der Waals surface area contributed by atoms with Gasteiger partial charge in [-0.3, -0.25) is 4.79 Å². The maximum absolute atomic E-state index is 13.0. The third-order valence-corrected chi connectivity index (χ3v) is 4.71. The number of aryl methyl sites for hydroxylation is 1. The molecule has 10 heteroatoms. The van der Waals surface area contributed by atoms with E-state index in [2.05, 4.69) is 15.5 Å². The number of carbonyl (C=O) groups excluding carboxylic acids is 1. The Balaban J connectivity index is 1.39. The number of para-hydroxylation sites is 2. The first-order valence-corrected chi connectivity index (χ1v) is 8.55. The molecule has 1 aromatic carbocycles. The molecule has 2 aliphatic heterocycles. The lowest BCUT2D eigenvalue weighted by Gasteiger charge is -2.27. The van der Waals surface area contributed by atoms with Crippen LogP contribution >= 0.6 is 0 Å². The van der Waals surface area contributed by atoms with Crippen LogP contribution in [0.3, 0.4) is 0 Å². The highest BCUT2D eigenvalue weighted by Crippen LogP contribution is 2.34. The summed E-state index contributed by atoms with van der Waals surface area (Å²) in [4.78, 5) is 12.3. The first-order chi connectivity index (χ1) is 12.9. The van der Waals surface area contributed by atoms with Gasteiger partial charge in [0, 0.05) is 13.0 Å². The van der Waals surface area contributed by atoms with E-state index in [4.69, 9.17) is 9.47 Å². The van der Waals surface area contributed by atoms with Gasteiger partial charge in [0.05, 0.1) is 12.5 Å². The fourth-order valence-corrected chi connectivity index (χ4v) is 3.21. The van der Waals surface area contributed by atoms with Gasteiger partial charge in [0.15, 0.2) is 17.3 Å². The van der Waals surface area contributed by atoms with E-state index in [1.54, 1.807) is 24.3 Å². The molecule has 0 saturated heterocycles. The summed E-state index contributed by atoms with van der Waals surface area (Å²) in [6, 6.07) is 7.00. The van der Waals surface area contributed by atoms with Crippen LogP contribution < -0.4 is 14.8 Å². The van der Waals surface area contributed by atoms with Crippen molar-refractivity contribution in [3.05, 3.63) is 35.9 Å². The molecule has 2 atom stereocenters. The van der Waals surface area contributed by atoms with Crippen LogP contribution in [0.5, 0.6) is 11.5 Å². The molecule has 4 rings (SSSR count). The number of halogens is 3. The van der Waals surface area contributed by atoms with Crippen molar-refractivity contribution in [1.82, 2.24) is 20.1 Å². The van der Waals surface area contributed by atoms with Crippen molar-refractivity contribution in [3.8, 4) is 11.5 Å². The van der Waals surface area contributed by atoms with E-state index in [9.17, 15) is 18.0 Å². The van der Waals surface area contributed by atoms with Gasteiger partial charge >= 0.3 is 6.18 Å². The lowest BCUT2D eigenvalue weighted by atomic mass is 9.99. The molecule has 3 heterocycles. The largest absolute Gasteiger partial charge is 0.485 e. The van der Waals surface area contributed by atoms with Gasteiger partial charge < -0.3 is 19.4 Å². The number of carbonyl (C=O) groups is 1. The summed E-state index contributed by atoms with van der Waals surface area (Å²) >= 11 is 0. The van der Waals surface area contributed by atoms with Crippen molar-refractivity contribution >= 4 is 5.91 Å². The third kappa shape index (κ3) is 3.56. The van der Waals surface area contributed by atoms with Gasteiger partial charge in [-0.05, 0) is 18.6 Å². The van der Waals surface area contributed by atoms with Crippen molar-refractivity contribution in [2.45, 2.75) is 38.2 Å². The normalized spacial score (nSPS) is 21.4. The number of nitrogens with one attached hydrogen (secondary N) is 1. The summed E-state index contributed by atoms with van der Waals surface area (Å²) in [5.41, 5.74) is 0. The second-order valence-electron chi connectivity index (χ2n) is 6.50. The molecule has 1 aromatic heterocycles. The zero-order chi connectivity index (χ0) is 19.0. The van der Waals surface area contributed by atoms with E-state index < -0.39 is 24.1 Å². The number of aromatic nitrogens is 3. The summed E-state index contributed by atoms with van der Waals surface area (Å²) in [7, 11) is 0. The molecule has 0 bridgehead atoms. The average Bonchev–Trinajstić information content (AvgIpc) is 3.07. The van der Waals surface area contributed by atoms with Crippen LogP contribution in [0.2, 0.25) is 0 Å². The molecular weight excluding hydrogens is 365 g/mol. The lowest BCUT2D eigenvalue weighted by molar-refractivity contribution is -0.182. The number of ether oxygens (including phenoxy) is 2. The fraction of sp³-hybridized carbons (Fsp3) is 0.471. The van der Waals surface area contributed by atoms with Crippen molar-refractivity contribution in [2.24, 2.45) is 5.92 Å². The minimum absolute atomic E-state index is 0.000649. The Bertz CT molecular complexity index is 852. The zero-order valence-electron chi connectivity index (χ0n) is 14.2. The highest BCUT2D eigenvalue weighted by Gasteiger charge is 2.42. The standard InChI is InChI=1S/C17H17F3N4O3/c18-17(19,20)10-5-6-14-22-23-15(24(14)8-10)7-21-16(25)13-9-26-11-3-1-2-4-12(11)27-13/h1-4,10,13H,5-9H2,(H,21,25)/t10-,13+/m1/s1. The van der Waals surface area contributed by atoms with E-state index in [0.29, 0.717) is 23.1 Å². The highest BCUT2D eigenvalue weighted by atomic mass is 19.4. The molecule has 2 aliphatic rings. The van der Waals surface area contributed by atoms with Crippen LogP contribution in [0, 0.1) is 5.92 Å². The number of nitrogens with zero attached hydrogens (tertiary/aromatic N) is 3. The Morgan fingerprint density at radius 2 is 2.04 bits per heavy atom. The number of hydrogen-bond donors (Lipinski definition) is 1. The minimum Gasteiger partial charge on any atom is -0.485 e. The summed E-state index contributed by atoms with van der Waals surface area (Å²) < 4.78 is 51.5. The van der Waals surface area contributed by atoms with E-state index in [1.165, 1.54) is 4.57 Å². The predicted octanol–water partition coefficient (Wildman–Crippen LogP) is 1.86. The van der Waals surface area contributed by atoms with Gasteiger partial charge in [-0.15, -0.1) is 10.2 Å². The molecule has 0 saturated carbocycles. The van der Waals surface area contributed by atoms with Crippen molar-refractivity contribution in [1.29, 1.82) is 0 Å². The molecule has 144 valence electrons. The van der Waals surface area contributed by atoms with Crippen molar-refractivity contribution in [3.63, 3.8) is 0 Å². The molecule has 0 spiro atoms. The van der Waals surface area contributed by atoms with Crippen LogP contribution in [0.15, 0.2) is 24.3 Å². The molecule has 7 nitrogen and oxygen atoms in total. The Morgan fingerprint density at radius 3 is 2.81 bits per heavy atom. The molecule has 1 amide bonds. The van der Waals surface area contributed by atoms with Gasteiger partial charge in [-0.25, -0.2) is 0 Å². The maximum Gasteiger partial charge on any atom is 0.393 e. The summed E-state index contributed by atoms with van der Waals surface area (Å²) in [5.74, 6) is -0.0227.